The number of benzene rings is 1. The number of nitrogens with two attached hydrogens (primary N) is 1. The highest BCUT2D eigenvalue weighted by molar-refractivity contribution is 6.32. The Bertz CT molecular complexity index is 368. The summed E-state index contributed by atoms with van der Waals surface area (Å²) in [4.78, 5) is 11.1. The molecule has 3 nitrogen and oxygen atoms in total. The minimum Gasteiger partial charge on any atom is -0.495 e. The third kappa shape index (κ3) is 1.86. The Morgan fingerprint density at radius 2 is 2.29 bits per heavy atom. The van der Waals surface area contributed by atoms with E-state index in [9.17, 15) is 9.18 Å². The van der Waals surface area contributed by atoms with Gasteiger partial charge in [0.15, 0.2) is 11.6 Å². The summed E-state index contributed by atoms with van der Waals surface area (Å²) in [5.74, 6) is -1.09. The average molecular weight is 218 g/mol. The molecule has 0 saturated heterocycles. The van der Waals surface area contributed by atoms with E-state index in [2.05, 4.69) is 0 Å². The average Bonchev–Trinajstić information content (AvgIpc) is 2.21. The molecule has 0 unspecified atom stereocenters. The number of carbonyl (C=O) groups is 1. The smallest absolute Gasteiger partial charge is 0.179 e. The standard InChI is InChI=1S/C9H9ClFNO2/c1-14-7-3-2-5(6(13)4-12)9(11)8(7)10/h2-3H,4,12H2,1H3. The summed E-state index contributed by atoms with van der Waals surface area (Å²) in [5, 5.41) is -0.202. The molecule has 0 aliphatic carbocycles. The van der Waals surface area contributed by atoms with Crippen LogP contribution in [0.1, 0.15) is 10.4 Å². The number of hydrogen-bond donors (Lipinski definition) is 1. The van der Waals surface area contributed by atoms with Gasteiger partial charge in [-0.3, -0.25) is 4.79 Å². The minimum absolute atomic E-state index is 0.113. The van der Waals surface area contributed by atoms with Gasteiger partial charge in [-0.1, -0.05) is 11.6 Å². The number of ether oxygens (including phenoxy) is 1. The molecule has 1 aromatic carbocycles. The zero-order valence-electron chi connectivity index (χ0n) is 7.51. The summed E-state index contributed by atoms with van der Waals surface area (Å²) in [6.07, 6.45) is 0. The predicted molar refractivity (Wildman–Crippen MR) is 51.3 cm³/mol. The van der Waals surface area contributed by atoms with Crippen molar-refractivity contribution in [3.63, 3.8) is 0 Å². The summed E-state index contributed by atoms with van der Waals surface area (Å²) < 4.78 is 18.2. The molecule has 0 atom stereocenters. The lowest BCUT2D eigenvalue weighted by molar-refractivity contribution is 0.0997. The molecular formula is C9H9ClFNO2. The van der Waals surface area contributed by atoms with E-state index < -0.39 is 11.6 Å². The van der Waals surface area contributed by atoms with Crippen LogP contribution in [0, 0.1) is 5.82 Å². The van der Waals surface area contributed by atoms with Crippen LogP contribution >= 0.6 is 11.6 Å². The molecule has 0 fully saturated rings. The summed E-state index contributed by atoms with van der Waals surface area (Å²) in [6, 6.07) is 2.73. The molecule has 0 spiro atoms. The van der Waals surface area contributed by atoms with E-state index in [1.165, 1.54) is 19.2 Å². The first kappa shape index (κ1) is 10.9. The van der Waals surface area contributed by atoms with Crippen molar-refractivity contribution in [2.24, 2.45) is 5.73 Å². The fourth-order valence-corrected chi connectivity index (χ4v) is 1.26. The van der Waals surface area contributed by atoms with E-state index in [0.29, 0.717) is 0 Å². The van der Waals surface area contributed by atoms with Gasteiger partial charge in [0.1, 0.15) is 10.8 Å². The molecule has 0 heterocycles. The number of Topliss-reactive ketones (excluding diaryl/α,β-unsaturated/α-hetero) is 1. The van der Waals surface area contributed by atoms with Gasteiger partial charge in [0.25, 0.3) is 0 Å². The molecular weight excluding hydrogens is 209 g/mol. The van der Waals surface area contributed by atoms with E-state index in [-0.39, 0.29) is 22.9 Å². The van der Waals surface area contributed by atoms with Gasteiger partial charge in [0.05, 0.1) is 19.2 Å². The Hall–Kier alpha value is -1.13. The fraction of sp³-hybridized carbons (Fsp3) is 0.222. The van der Waals surface area contributed by atoms with Crippen molar-refractivity contribution < 1.29 is 13.9 Å². The van der Waals surface area contributed by atoms with Gasteiger partial charge in [-0.2, -0.15) is 0 Å². The summed E-state index contributed by atoms with van der Waals surface area (Å²) in [6.45, 7) is -0.250. The van der Waals surface area contributed by atoms with Crippen molar-refractivity contribution in [3.05, 3.63) is 28.5 Å². The van der Waals surface area contributed by atoms with Crippen LogP contribution in [0.4, 0.5) is 4.39 Å². The van der Waals surface area contributed by atoms with E-state index in [1.807, 2.05) is 0 Å². The first-order chi connectivity index (χ1) is 6.61. The van der Waals surface area contributed by atoms with Crippen LogP contribution in [0.5, 0.6) is 5.75 Å². The monoisotopic (exact) mass is 217 g/mol. The Morgan fingerprint density at radius 3 is 2.79 bits per heavy atom. The Morgan fingerprint density at radius 1 is 1.64 bits per heavy atom. The van der Waals surface area contributed by atoms with Gasteiger partial charge in [0, 0.05) is 0 Å². The van der Waals surface area contributed by atoms with Crippen LogP contribution in [0.25, 0.3) is 0 Å². The van der Waals surface area contributed by atoms with Crippen molar-refractivity contribution in [2.45, 2.75) is 0 Å². The maximum Gasteiger partial charge on any atom is 0.179 e. The molecule has 1 aromatic rings. The largest absolute Gasteiger partial charge is 0.495 e. The number of carbonyl (C=O) groups excluding carboxylic acids is 1. The second-order valence-electron chi connectivity index (χ2n) is 2.57. The molecule has 0 radical (unpaired) electrons. The second-order valence-corrected chi connectivity index (χ2v) is 2.95. The molecule has 0 aliphatic rings. The zero-order valence-corrected chi connectivity index (χ0v) is 8.27. The van der Waals surface area contributed by atoms with Crippen LogP contribution in [-0.4, -0.2) is 19.4 Å². The van der Waals surface area contributed by atoms with Crippen molar-refractivity contribution in [2.75, 3.05) is 13.7 Å². The first-order valence-corrected chi connectivity index (χ1v) is 4.24. The summed E-state index contributed by atoms with van der Waals surface area (Å²) >= 11 is 5.61. The highest BCUT2D eigenvalue weighted by Gasteiger charge is 2.16. The van der Waals surface area contributed by atoms with E-state index in [0.717, 1.165) is 0 Å². The second kappa shape index (κ2) is 4.39. The van der Waals surface area contributed by atoms with E-state index in [4.69, 9.17) is 22.1 Å². The van der Waals surface area contributed by atoms with Crippen LogP contribution in [0.3, 0.4) is 0 Å². The lowest BCUT2D eigenvalue weighted by Gasteiger charge is -2.06. The lowest BCUT2D eigenvalue weighted by atomic mass is 10.1. The van der Waals surface area contributed by atoms with Crippen LogP contribution in [-0.2, 0) is 0 Å². The molecule has 14 heavy (non-hydrogen) atoms. The Balaban J connectivity index is 3.24. The number of methoxy groups -OCH3 is 1. The zero-order chi connectivity index (χ0) is 10.7. The maximum atomic E-state index is 13.4. The summed E-state index contributed by atoms with van der Waals surface area (Å²) in [5.41, 5.74) is 4.99. The SMILES string of the molecule is COc1ccc(C(=O)CN)c(F)c1Cl. The number of rotatable bonds is 3. The topological polar surface area (TPSA) is 52.3 Å². The van der Waals surface area contributed by atoms with E-state index in [1.54, 1.807) is 0 Å². The molecule has 5 heteroatoms. The van der Waals surface area contributed by atoms with Crippen molar-refractivity contribution >= 4 is 17.4 Å². The third-order valence-corrected chi connectivity index (χ3v) is 2.10. The molecule has 0 aromatic heterocycles. The van der Waals surface area contributed by atoms with Crippen molar-refractivity contribution in [1.82, 2.24) is 0 Å². The van der Waals surface area contributed by atoms with Crippen molar-refractivity contribution in [1.29, 1.82) is 0 Å². The van der Waals surface area contributed by atoms with Crippen molar-refractivity contribution in [3.8, 4) is 5.75 Å². The quantitative estimate of drug-likeness (QED) is 0.783. The molecule has 76 valence electrons. The molecule has 0 aliphatic heterocycles. The lowest BCUT2D eigenvalue weighted by Crippen LogP contribution is -2.15. The van der Waals surface area contributed by atoms with E-state index >= 15 is 0 Å². The van der Waals surface area contributed by atoms with Gasteiger partial charge in [-0.05, 0) is 12.1 Å². The van der Waals surface area contributed by atoms with Crippen LogP contribution in [0.2, 0.25) is 5.02 Å². The Labute approximate surface area is 85.6 Å². The van der Waals surface area contributed by atoms with Gasteiger partial charge >= 0.3 is 0 Å². The Kier molecular flexibility index (Phi) is 3.43. The molecule has 1 rings (SSSR count). The predicted octanol–water partition coefficient (Wildman–Crippen LogP) is 1.63. The number of ketones is 1. The molecule has 0 bridgehead atoms. The molecule has 0 amide bonds. The minimum atomic E-state index is -0.790. The number of halogens is 2. The van der Waals surface area contributed by atoms with Crippen LogP contribution < -0.4 is 10.5 Å². The first-order valence-electron chi connectivity index (χ1n) is 3.87. The summed E-state index contributed by atoms with van der Waals surface area (Å²) in [7, 11) is 1.37. The highest BCUT2D eigenvalue weighted by atomic mass is 35.5. The van der Waals surface area contributed by atoms with Gasteiger partial charge in [-0.25, -0.2) is 4.39 Å². The maximum absolute atomic E-state index is 13.4. The normalized spacial score (nSPS) is 10.0. The van der Waals surface area contributed by atoms with Crippen LogP contribution in [0.15, 0.2) is 12.1 Å². The van der Waals surface area contributed by atoms with Gasteiger partial charge in [0.2, 0.25) is 0 Å². The number of hydrogen-bond acceptors (Lipinski definition) is 3. The molecule has 0 saturated carbocycles. The van der Waals surface area contributed by atoms with Gasteiger partial charge in [-0.15, -0.1) is 0 Å². The fourth-order valence-electron chi connectivity index (χ4n) is 1.01. The third-order valence-electron chi connectivity index (χ3n) is 1.75. The highest BCUT2D eigenvalue weighted by Crippen LogP contribution is 2.29. The molecule has 2 N–H and O–H groups in total. The van der Waals surface area contributed by atoms with Gasteiger partial charge < -0.3 is 10.5 Å².